The summed E-state index contributed by atoms with van der Waals surface area (Å²) >= 11 is 0. The molecule has 0 bridgehead atoms. The molecule has 37 heavy (non-hydrogen) atoms. The summed E-state index contributed by atoms with van der Waals surface area (Å²) in [5.74, 6) is 0.620. The van der Waals surface area contributed by atoms with E-state index in [1.807, 2.05) is 24.3 Å². The molecule has 0 radical (unpaired) electrons. The topological polar surface area (TPSA) is 65.6 Å². The normalized spacial score (nSPS) is 16.4. The zero-order valence-electron chi connectivity index (χ0n) is 21.3. The number of rotatable bonds is 8. The number of methoxy groups -OCH3 is 1. The Morgan fingerprint density at radius 1 is 0.946 bits per heavy atom. The summed E-state index contributed by atoms with van der Waals surface area (Å²) in [7, 11) is -0.571. The van der Waals surface area contributed by atoms with E-state index in [0.717, 1.165) is 36.5 Å². The Kier molecular flexibility index (Phi) is 7.35. The van der Waals surface area contributed by atoms with Crippen molar-refractivity contribution < 1.29 is 13.2 Å². The highest BCUT2D eigenvalue weighted by atomic mass is 32.2. The van der Waals surface area contributed by atoms with Crippen LogP contribution < -0.4 is 9.04 Å². The highest BCUT2D eigenvalue weighted by Gasteiger charge is 2.25. The summed E-state index contributed by atoms with van der Waals surface area (Å²) in [6, 6.07) is 29.3. The molecule has 0 aliphatic carbocycles. The van der Waals surface area contributed by atoms with Crippen molar-refractivity contribution in [1.82, 2.24) is 9.88 Å². The molecule has 4 aromatic rings. The van der Waals surface area contributed by atoms with Gasteiger partial charge >= 0.3 is 0 Å². The molecule has 5 rings (SSSR count). The molecule has 192 valence electrons. The van der Waals surface area contributed by atoms with Crippen molar-refractivity contribution in [3.05, 3.63) is 102 Å². The van der Waals surface area contributed by atoms with Crippen LogP contribution in [0.1, 0.15) is 36.6 Å². The van der Waals surface area contributed by atoms with Crippen LogP contribution in [0.4, 0.5) is 5.69 Å². The van der Waals surface area contributed by atoms with Crippen molar-refractivity contribution in [2.75, 3.05) is 25.0 Å². The van der Waals surface area contributed by atoms with Gasteiger partial charge in [0.15, 0.2) is 0 Å². The molecule has 0 amide bonds. The lowest BCUT2D eigenvalue weighted by atomic mass is 9.95. The molecule has 6 nitrogen and oxygen atoms in total. The molecule has 7 heteroatoms. The Hall–Kier alpha value is -3.55. The van der Waals surface area contributed by atoms with Crippen LogP contribution in [0.5, 0.6) is 5.75 Å². The molecule has 3 aromatic carbocycles. The van der Waals surface area contributed by atoms with Crippen molar-refractivity contribution in [2.45, 2.75) is 36.7 Å². The first-order valence-electron chi connectivity index (χ1n) is 12.7. The van der Waals surface area contributed by atoms with Gasteiger partial charge in [-0.15, -0.1) is 0 Å². The van der Waals surface area contributed by atoms with Crippen molar-refractivity contribution in [1.29, 1.82) is 0 Å². The number of anilines is 1. The first-order valence-corrected chi connectivity index (χ1v) is 14.1. The molecule has 1 N–H and O–H groups in total. The van der Waals surface area contributed by atoms with E-state index in [1.54, 1.807) is 44.5 Å². The second-order valence-corrected chi connectivity index (χ2v) is 11.4. The maximum absolute atomic E-state index is 13.4. The Morgan fingerprint density at radius 2 is 1.68 bits per heavy atom. The minimum atomic E-state index is -3.75. The van der Waals surface area contributed by atoms with Gasteiger partial charge in [-0.3, -0.25) is 9.21 Å². The molecule has 1 fully saturated rings. The zero-order valence-corrected chi connectivity index (χ0v) is 22.1. The smallest absolute Gasteiger partial charge is 0.264 e. The Bertz CT molecular complexity index is 1440. The first kappa shape index (κ1) is 25.1. The second kappa shape index (κ2) is 10.8. The average Bonchev–Trinajstić information content (AvgIpc) is 3.41. The van der Waals surface area contributed by atoms with Gasteiger partial charge in [0, 0.05) is 36.6 Å². The van der Waals surface area contributed by atoms with Crippen LogP contribution in [-0.2, 0) is 16.6 Å². The first-order chi connectivity index (χ1) is 18.0. The number of ether oxygens (including phenoxy) is 1. The molecular formula is C30H33N3O3S. The largest absolute Gasteiger partial charge is 0.496 e. The van der Waals surface area contributed by atoms with E-state index in [2.05, 4.69) is 46.3 Å². The highest BCUT2D eigenvalue weighted by molar-refractivity contribution is 7.92. The molecule has 0 saturated carbocycles. The van der Waals surface area contributed by atoms with E-state index < -0.39 is 10.0 Å². The molecule has 1 aliphatic rings. The monoisotopic (exact) mass is 515 g/mol. The maximum atomic E-state index is 13.4. The summed E-state index contributed by atoms with van der Waals surface area (Å²) in [6.45, 7) is 1.85. The summed E-state index contributed by atoms with van der Waals surface area (Å²) in [4.78, 5) is 6.28. The third-order valence-electron chi connectivity index (χ3n) is 7.16. The molecule has 1 aliphatic heterocycles. The second-order valence-electron chi connectivity index (χ2n) is 9.46. The van der Waals surface area contributed by atoms with Gasteiger partial charge in [0.05, 0.1) is 17.7 Å². The van der Waals surface area contributed by atoms with Gasteiger partial charge in [-0.1, -0.05) is 55.0 Å². The number of nitrogens with one attached hydrogen (secondary N) is 1. The Morgan fingerprint density at radius 3 is 2.41 bits per heavy atom. The van der Waals surface area contributed by atoms with Crippen LogP contribution in [0.15, 0.2) is 95.9 Å². The van der Waals surface area contributed by atoms with Crippen molar-refractivity contribution >= 4 is 15.7 Å². The molecule has 1 aromatic heterocycles. The van der Waals surface area contributed by atoms with Gasteiger partial charge in [-0.2, -0.15) is 0 Å². The molecular weight excluding hydrogens is 482 g/mol. The minimum absolute atomic E-state index is 0.214. The standard InChI is InChI=1S/C30H33N3O3S/c1-32(25-13-7-4-8-14-25)37(34,35)26-17-19-30(36-2)27(21-26)28-18-16-24(31-28)22-33-20-10-9-15-29(33)23-11-5-3-6-12-23/h3-8,11-14,16-19,21,29,31H,9-10,15,20,22H2,1-2H3. The predicted molar refractivity (Wildman–Crippen MR) is 148 cm³/mol. The number of H-pyrrole nitrogens is 1. The fourth-order valence-electron chi connectivity index (χ4n) is 5.13. The van der Waals surface area contributed by atoms with Crippen molar-refractivity contribution in [3.8, 4) is 17.0 Å². The van der Waals surface area contributed by atoms with Gasteiger partial charge in [0.1, 0.15) is 5.75 Å². The molecule has 0 spiro atoms. The van der Waals surface area contributed by atoms with Crippen LogP contribution in [0.2, 0.25) is 0 Å². The zero-order chi connectivity index (χ0) is 25.8. The fraction of sp³-hybridized carbons (Fsp3) is 0.267. The van der Waals surface area contributed by atoms with Crippen LogP contribution in [0, 0.1) is 0 Å². The summed E-state index contributed by atoms with van der Waals surface area (Å²) < 4.78 is 33.8. The SMILES string of the molecule is COc1ccc(S(=O)(=O)N(C)c2ccccc2)cc1-c1ccc(CN2CCCCC2c2ccccc2)[nH]1. The van der Waals surface area contributed by atoms with Crippen LogP contribution in [0.3, 0.4) is 0 Å². The molecule has 2 heterocycles. The van der Waals surface area contributed by atoms with Crippen LogP contribution >= 0.6 is 0 Å². The van der Waals surface area contributed by atoms with E-state index in [9.17, 15) is 8.42 Å². The lowest BCUT2D eigenvalue weighted by Gasteiger charge is -2.35. The van der Waals surface area contributed by atoms with E-state index in [-0.39, 0.29) is 4.90 Å². The van der Waals surface area contributed by atoms with E-state index in [4.69, 9.17) is 4.74 Å². The van der Waals surface area contributed by atoms with Gasteiger partial charge in [0.2, 0.25) is 0 Å². The van der Waals surface area contributed by atoms with Gasteiger partial charge < -0.3 is 9.72 Å². The number of nitrogens with zero attached hydrogens (tertiary/aromatic N) is 2. The van der Waals surface area contributed by atoms with E-state index in [0.29, 0.717) is 17.5 Å². The number of aromatic nitrogens is 1. The Labute approximate surface area is 219 Å². The number of benzene rings is 3. The van der Waals surface area contributed by atoms with Crippen molar-refractivity contribution in [3.63, 3.8) is 0 Å². The van der Waals surface area contributed by atoms with E-state index >= 15 is 0 Å². The van der Waals surface area contributed by atoms with E-state index in [1.165, 1.54) is 22.7 Å². The number of likely N-dealkylation sites (tertiary alicyclic amines) is 1. The van der Waals surface area contributed by atoms with Crippen LogP contribution in [0.25, 0.3) is 11.3 Å². The highest BCUT2D eigenvalue weighted by Crippen LogP contribution is 2.35. The van der Waals surface area contributed by atoms with Gasteiger partial charge in [0.25, 0.3) is 10.0 Å². The number of hydrogen-bond acceptors (Lipinski definition) is 4. The summed E-state index contributed by atoms with van der Waals surface area (Å²) in [5.41, 5.74) is 4.61. The van der Waals surface area contributed by atoms with Gasteiger partial charge in [-0.05, 0) is 67.4 Å². The minimum Gasteiger partial charge on any atom is -0.496 e. The average molecular weight is 516 g/mol. The number of hydrogen-bond donors (Lipinski definition) is 1. The summed E-state index contributed by atoms with van der Waals surface area (Å²) in [5, 5.41) is 0. The maximum Gasteiger partial charge on any atom is 0.264 e. The van der Waals surface area contributed by atoms with Crippen LogP contribution in [-0.4, -0.2) is 39.0 Å². The summed E-state index contributed by atoms with van der Waals surface area (Å²) in [6.07, 6.45) is 3.59. The number of piperidine rings is 1. The van der Waals surface area contributed by atoms with Gasteiger partial charge in [-0.25, -0.2) is 8.42 Å². The molecule has 1 unspecified atom stereocenters. The lowest BCUT2D eigenvalue weighted by Crippen LogP contribution is -2.33. The molecule has 1 atom stereocenters. The quantitative estimate of drug-likeness (QED) is 0.302. The molecule has 1 saturated heterocycles. The number of para-hydroxylation sites is 1. The third-order valence-corrected chi connectivity index (χ3v) is 8.94. The van der Waals surface area contributed by atoms with Crippen molar-refractivity contribution in [2.24, 2.45) is 0 Å². The Balaban J connectivity index is 1.42. The number of sulfonamides is 1. The predicted octanol–water partition coefficient (Wildman–Crippen LogP) is 6.24. The lowest BCUT2D eigenvalue weighted by molar-refractivity contribution is 0.139. The number of aromatic amines is 1. The third kappa shape index (κ3) is 5.29. The fourth-order valence-corrected chi connectivity index (χ4v) is 6.36.